The summed E-state index contributed by atoms with van der Waals surface area (Å²) in [4.78, 5) is 4.28. The highest BCUT2D eigenvalue weighted by molar-refractivity contribution is 5.62. The largest absolute Gasteiger partial charge is 0.497 e. The molecule has 1 heterocycles. The molecule has 1 aromatic carbocycles. The van der Waals surface area contributed by atoms with E-state index < -0.39 is 0 Å². The number of nitrogens with zero attached hydrogens (tertiary/aromatic N) is 1. The first-order chi connectivity index (χ1) is 9.63. The summed E-state index contributed by atoms with van der Waals surface area (Å²) >= 11 is 0. The maximum absolute atomic E-state index is 5.93. The molecule has 0 radical (unpaired) electrons. The minimum absolute atomic E-state index is 0.577. The molecule has 20 heavy (non-hydrogen) atoms. The smallest absolute Gasteiger partial charge is 0.149 e. The standard InChI is InChI=1S/C15H19N3O2/c1-10-6-13(16)15(17-8-10)18-9-11-4-5-12(19-2)7-14(11)20-3/h4-8H,9,16H2,1-3H3,(H,17,18). The van der Waals surface area contributed by atoms with Crippen LogP contribution in [0.5, 0.6) is 11.5 Å². The van der Waals surface area contributed by atoms with Gasteiger partial charge in [-0.1, -0.05) is 0 Å². The monoisotopic (exact) mass is 273 g/mol. The number of anilines is 2. The van der Waals surface area contributed by atoms with Crippen molar-refractivity contribution in [1.29, 1.82) is 0 Å². The van der Waals surface area contributed by atoms with E-state index in [0.29, 0.717) is 18.1 Å². The molecule has 0 unspecified atom stereocenters. The summed E-state index contributed by atoms with van der Waals surface area (Å²) < 4.78 is 10.5. The molecule has 0 spiro atoms. The number of nitrogens with one attached hydrogen (secondary N) is 1. The summed E-state index contributed by atoms with van der Waals surface area (Å²) in [5.41, 5.74) is 8.61. The summed E-state index contributed by atoms with van der Waals surface area (Å²) in [5.74, 6) is 2.20. The number of pyridine rings is 1. The van der Waals surface area contributed by atoms with Crippen molar-refractivity contribution in [1.82, 2.24) is 4.98 Å². The highest BCUT2D eigenvalue weighted by Gasteiger charge is 2.06. The second-order valence-corrected chi connectivity index (χ2v) is 4.48. The van der Waals surface area contributed by atoms with Gasteiger partial charge in [0.15, 0.2) is 0 Å². The lowest BCUT2D eigenvalue weighted by molar-refractivity contribution is 0.391. The molecule has 0 amide bonds. The molecule has 3 N–H and O–H groups in total. The van der Waals surface area contributed by atoms with Gasteiger partial charge in [-0.3, -0.25) is 0 Å². The van der Waals surface area contributed by atoms with E-state index in [1.807, 2.05) is 31.2 Å². The van der Waals surface area contributed by atoms with Gasteiger partial charge in [0.2, 0.25) is 0 Å². The number of benzene rings is 1. The van der Waals surface area contributed by atoms with Crippen molar-refractivity contribution < 1.29 is 9.47 Å². The maximum Gasteiger partial charge on any atom is 0.149 e. The zero-order valence-corrected chi connectivity index (χ0v) is 11.9. The molecule has 1 aromatic heterocycles. The van der Waals surface area contributed by atoms with Crippen LogP contribution in [0, 0.1) is 6.92 Å². The van der Waals surface area contributed by atoms with Crippen LogP contribution in [-0.2, 0) is 6.54 Å². The van der Waals surface area contributed by atoms with E-state index in [4.69, 9.17) is 15.2 Å². The predicted octanol–water partition coefficient (Wildman–Crippen LogP) is 2.60. The van der Waals surface area contributed by atoms with Gasteiger partial charge in [0, 0.05) is 24.4 Å². The Labute approximate surface area is 118 Å². The highest BCUT2D eigenvalue weighted by Crippen LogP contribution is 2.26. The molecular weight excluding hydrogens is 254 g/mol. The van der Waals surface area contributed by atoms with Crippen molar-refractivity contribution in [2.24, 2.45) is 0 Å². The van der Waals surface area contributed by atoms with Crippen LogP contribution in [0.15, 0.2) is 30.5 Å². The molecule has 0 saturated heterocycles. The molecule has 2 rings (SSSR count). The van der Waals surface area contributed by atoms with Crippen molar-refractivity contribution in [2.45, 2.75) is 13.5 Å². The number of hydrogen-bond donors (Lipinski definition) is 2. The number of ether oxygens (including phenoxy) is 2. The Morgan fingerprint density at radius 1 is 1.20 bits per heavy atom. The molecule has 0 aliphatic rings. The molecule has 106 valence electrons. The lowest BCUT2D eigenvalue weighted by Crippen LogP contribution is -2.06. The Bertz CT molecular complexity index is 600. The summed E-state index contributed by atoms with van der Waals surface area (Å²) in [7, 11) is 3.26. The van der Waals surface area contributed by atoms with Crippen molar-refractivity contribution in [3.63, 3.8) is 0 Å². The molecule has 0 fully saturated rings. The van der Waals surface area contributed by atoms with Gasteiger partial charge >= 0.3 is 0 Å². The van der Waals surface area contributed by atoms with Gasteiger partial charge in [-0.25, -0.2) is 4.98 Å². The number of rotatable bonds is 5. The van der Waals surface area contributed by atoms with Gasteiger partial charge in [0.25, 0.3) is 0 Å². The fourth-order valence-electron chi connectivity index (χ4n) is 1.92. The van der Waals surface area contributed by atoms with Gasteiger partial charge in [0.05, 0.1) is 19.9 Å². The number of nitrogen functional groups attached to an aromatic ring is 1. The van der Waals surface area contributed by atoms with E-state index in [2.05, 4.69) is 10.3 Å². The Morgan fingerprint density at radius 2 is 2.00 bits per heavy atom. The van der Waals surface area contributed by atoms with E-state index in [-0.39, 0.29) is 0 Å². The van der Waals surface area contributed by atoms with Crippen molar-refractivity contribution in [2.75, 3.05) is 25.3 Å². The molecule has 5 nitrogen and oxygen atoms in total. The molecule has 5 heteroatoms. The Kier molecular flexibility index (Phi) is 4.30. The first-order valence-electron chi connectivity index (χ1n) is 6.31. The number of methoxy groups -OCH3 is 2. The minimum atomic E-state index is 0.577. The highest BCUT2D eigenvalue weighted by atomic mass is 16.5. The first kappa shape index (κ1) is 14.0. The molecular formula is C15H19N3O2. The Balaban J connectivity index is 2.14. The molecule has 0 aliphatic carbocycles. The molecule has 0 aliphatic heterocycles. The van der Waals surface area contributed by atoms with E-state index in [1.54, 1.807) is 20.4 Å². The third-order valence-electron chi connectivity index (χ3n) is 2.99. The SMILES string of the molecule is COc1ccc(CNc2ncc(C)cc2N)c(OC)c1. The quantitative estimate of drug-likeness (QED) is 0.876. The van der Waals surface area contributed by atoms with Gasteiger partial charge in [-0.15, -0.1) is 0 Å². The fraction of sp³-hybridized carbons (Fsp3) is 0.267. The van der Waals surface area contributed by atoms with Crippen LogP contribution in [0.2, 0.25) is 0 Å². The van der Waals surface area contributed by atoms with E-state index >= 15 is 0 Å². The van der Waals surface area contributed by atoms with Crippen molar-refractivity contribution >= 4 is 11.5 Å². The van der Waals surface area contributed by atoms with Crippen LogP contribution in [-0.4, -0.2) is 19.2 Å². The van der Waals surface area contributed by atoms with E-state index in [1.165, 1.54) is 0 Å². The summed E-state index contributed by atoms with van der Waals surface area (Å²) in [6.07, 6.45) is 1.78. The van der Waals surface area contributed by atoms with Crippen LogP contribution in [0.3, 0.4) is 0 Å². The van der Waals surface area contributed by atoms with Crippen LogP contribution in [0.4, 0.5) is 11.5 Å². The van der Waals surface area contributed by atoms with E-state index in [0.717, 1.165) is 22.6 Å². The summed E-state index contributed by atoms with van der Waals surface area (Å²) in [6.45, 7) is 2.53. The van der Waals surface area contributed by atoms with Crippen LogP contribution < -0.4 is 20.5 Å². The van der Waals surface area contributed by atoms with Gasteiger partial charge < -0.3 is 20.5 Å². The zero-order chi connectivity index (χ0) is 14.5. The van der Waals surface area contributed by atoms with Crippen LogP contribution in [0.25, 0.3) is 0 Å². The fourth-order valence-corrected chi connectivity index (χ4v) is 1.92. The number of aryl methyl sites for hydroxylation is 1. The lowest BCUT2D eigenvalue weighted by atomic mass is 10.2. The first-order valence-corrected chi connectivity index (χ1v) is 6.31. The Hall–Kier alpha value is -2.43. The third-order valence-corrected chi connectivity index (χ3v) is 2.99. The lowest BCUT2D eigenvalue weighted by Gasteiger charge is -2.12. The average molecular weight is 273 g/mol. The molecule has 0 bridgehead atoms. The second-order valence-electron chi connectivity index (χ2n) is 4.48. The van der Waals surface area contributed by atoms with Crippen molar-refractivity contribution in [3.8, 4) is 11.5 Å². The molecule has 0 saturated carbocycles. The zero-order valence-electron chi connectivity index (χ0n) is 11.9. The summed E-state index contributed by atoms with van der Waals surface area (Å²) in [5, 5.41) is 3.21. The number of aromatic nitrogens is 1. The molecule has 0 atom stereocenters. The van der Waals surface area contributed by atoms with Crippen LogP contribution >= 0.6 is 0 Å². The summed E-state index contributed by atoms with van der Waals surface area (Å²) in [6, 6.07) is 7.59. The predicted molar refractivity (Wildman–Crippen MR) is 80.3 cm³/mol. The average Bonchev–Trinajstić information content (AvgIpc) is 2.46. The Morgan fingerprint density at radius 3 is 2.65 bits per heavy atom. The number of nitrogens with two attached hydrogens (primary N) is 1. The van der Waals surface area contributed by atoms with Crippen LogP contribution in [0.1, 0.15) is 11.1 Å². The minimum Gasteiger partial charge on any atom is -0.497 e. The third kappa shape index (κ3) is 3.12. The van der Waals surface area contributed by atoms with E-state index in [9.17, 15) is 0 Å². The molecule has 2 aromatic rings. The number of hydrogen-bond acceptors (Lipinski definition) is 5. The normalized spacial score (nSPS) is 10.2. The topological polar surface area (TPSA) is 69.4 Å². The maximum atomic E-state index is 5.93. The van der Waals surface area contributed by atoms with Crippen molar-refractivity contribution in [3.05, 3.63) is 41.6 Å². The van der Waals surface area contributed by atoms with Gasteiger partial charge in [-0.2, -0.15) is 0 Å². The van der Waals surface area contributed by atoms with Gasteiger partial charge in [-0.05, 0) is 30.7 Å². The van der Waals surface area contributed by atoms with Gasteiger partial charge in [0.1, 0.15) is 17.3 Å². The second kappa shape index (κ2) is 6.14.